The average molecular weight is 367 g/mol. The molecule has 3 aromatic rings. The zero-order valence-corrected chi connectivity index (χ0v) is 15.7. The van der Waals surface area contributed by atoms with E-state index < -0.39 is 11.4 Å². The highest BCUT2D eigenvalue weighted by atomic mass is 32.2. The van der Waals surface area contributed by atoms with Crippen molar-refractivity contribution in [2.45, 2.75) is 31.2 Å². The lowest BCUT2D eigenvalue weighted by molar-refractivity contribution is 0.491. The van der Waals surface area contributed by atoms with Gasteiger partial charge in [0.1, 0.15) is 0 Å². The molecule has 2 heterocycles. The second kappa shape index (κ2) is 7.41. The molecule has 0 saturated heterocycles. The quantitative estimate of drug-likeness (QED) is 0.687. The van der Waals surface area contributed by atoms with E-state index in [4.69, 9.17) is 5.73 Å². The highest BCUT2D eigenvalue weighted by molar-refractivity contribution is 7.89. The Morgan fingerprint density at radius 2 is 1.58 bits per heavy atom. The Morgan fingerprint density at radius 1 is 0.923 bits per heavy atom. The third kappa shape index (κ3) is 4.37. The van der Waals surface area contributed by atoms with Crippen molar-refractivity contribution in [1.82, 2.24) is 19.7 Å². The van der Waals surface area contributed by atoms with Gasteiger partial charge in [0, 0.05) is 35.3 Å². The van der Waals surface area contributed by atoms with Crippen LogP contribution in [0.3, 0.4) is 0 Å². The van der Waals surface area contributed by atoms with E-state index in [1.165, 1.54) is 0 Å². The summed E-state index contributed by atoms with van der Waals surface area (Å²) in [5, 5.41) is 0. The van der Waals surface area contributed by atoms with Gasteiger partial charge in [-0.05, 0) is 39.0 Å². The minimum Gasteiger partial charge on any atom is -0.593 e. The molecule has 0 spiro atoms. The molecule has 134 valence electrons. The molecule has 0 saturated carbocycles. The van der Waals surface area contributed by atoms with E-state index in [2.05, 4.69) is 19.7 Å². The number of benzene rings is 1. The summed E-state index contributed by atoms with van der Waals surface area (Å²) in [6.07, 6.45) is 5.04. The zero-order valence-electron chi connectivity index (χ0n) is 14.9. The van der Waals surface area contributed by atoms with Crippen LogP contribution in [0.15, 0.2) is 59.9 Å². The van der Waals surface area contributed by atoms with Crippen LogP contribution in [0, 0.1) is 0 Å². The van der Waals surface area contributed by atoms with E-state index in [9.17, 15) is 4.55 Å². The van der Waals surface area contributed by atoms with Gasteiger partial charge in [0.2, 0.25) is 5.95 Å². The first-order valence-electron chi connectivity index (χ1n) is 8.16. The minimum atomic E-state index is -1.32. The van der Waals surface area contributed by atoms with Gasteiger partial charge < -0.3 is 10.3 Å². The molecule has 7 heteroatoms. The van der Waals surface area contributed by atoms with Gasteiger partial charge in [-0.25, -0.2) is 9.97 Å². The fourth-order valence-electron chi connectivity index (χ4n) is 2.39. The number of nitrogens with zero attached hydrogens (tertiary/aromatic N) is 3. The van der Waals surface area contributed by atoms with Crippen molar-refractivity contribution in [2.75, 3.05) is 5.73 Å². The van der Waals surface area contributed by atoms with Crippen molar-refractivity contribution in [3.63, 3.8) is 0 Å². The number of hydrogen-bond acceptors (Lipinski definition) is 6. The van der Waals surface area contributed by atoms with E-state index in [0.29, 0.717) is 0 Å². The predicted molar refractivity (Wildman–Crippen MR) is 104 cm³/mol. The molecule has 3 rings (SSSR count). The molecule has 6 nitrogen and oxygen atoms in total. The monoisotopic (exact) mass is 367 g/mol. The molecule has 0 amide bonds. The molecule has 2 aromatic heterocycles. The number of aromatic nitrogens is 3. The summed E-state index contributed by atoms with van der Waals surface area (Å²) in [4.78, 5) is 13.2. The number of pyridine rings is 1. The number of anilines is 1. The van der Waals surface area contributed by atoms with Gasteiger partial charge in [-0.2, -0.15) is 0 Å². The largest absolute Gasteiger partial charge is 0.593 e. The third-order valence-corrected chi connectivity index (χ3v) is 5.08. The lowest BCUT2D eigenvalue weighted by atomic mass is 10.1. The Hall–Kier alpha value is -2.48. The van der Waals surface area contributed by atoms with Gasteiger partial charge in [0.25, 0.3) is 0 Å². The van der Waals surface area contributed by atoms with Crippen molar-refractivity contribution in [1.29, 1.82) is 0 Å². The molecule has 0 fully saturated rings. The summed E-state index contributed by atoms with van der Waals surface area (Å²) >= 11 is -1.32. The summed E-state index contributed by atoms with van der Waals surface area (Å²) in [6.45, 7) is 5.95. The molecule has 3 N–H and O–H groups in total. The molecule has 1 aromatic carbocycles. The number of nitrogen functional groups attached to an aromatic ring is 1. The molecule has 26 heavy (non-hydrogen) atoms. The fourth-order valence-corrected chi connectivity index (χ4v) is 3.65. The molecule has 0 radical (unpaired) electrons. The summed E-state index contributed by atoms with van der Waals surface area (Å²) < 4.78 is 15.8. The Labute approximate surface area is 156 Å². The molecule has 0 aliphatic rings. The molecular formula is C19H21N5OS. The lowest BCUT2D eigenvalue weighted by Gasteiger charge is -2.22. The van der Waals surface area contributed by atoms with Crippen molar-refractivity contribution in [3.05, 3.63) is 55.0 Å². The second-order valence-electron chi connectivity index (χ2n) is 6.88. The number of nitrogens with one attached hydrogen (secondary N) is 1. The minimum absolute atomic E-state index is 0.230. The van der Waals surface area contributed by atoms with Gasteiger partial charge >= 0.3 is 0 Å². The van der Waals surface area contributed by atoms with Crippen molar-refractivity contribution < 1.29 is 4.55 Å². The Balaban J connectivity index is 1.91. The molecule has 1 unspecified atom stereocenters. The summed E-state index contributed by atoms with van der Waals surface area (Å²) in [5.41, 5.74) is 8.58. The van der Waals surface area contributed by atoms with E-state index in [1.807, 2.05) is 57.2 Å². The van der Waals surface area contributed by atoms with Gasteiger partial charge in [-0.3, -0.25) is 4.98 Å². The topological polar surface area (TPSA) is 99.8 Å². The Bertz CT molecular complexity index is 876. The van der Waals surface area contributed by atoms with Crippen LogP contribution in [0.4, 0.5) is 5.95 Å². The van der Waals surface area contributed by atoms with Crippen LogP contribution in [0.25, 0.3) is 22.4 Å². The first-order chi connectivity index (χ1) is 12.3. The van der Waals surface area contributed by atoms with Crippen LogP contribution in [0.5, 0.6) is 0 Å². The summed E-state index contributed by atoms with van der Waals surface area (Å²) in [7, 11) is 0. The van der Waals surface area contributed by atoms with Crippen LogP contribution in [0.2, 0.25) is 0 Å². The fraction of sp³-hybridized carbons (Fsp3) is 0.211. The van der Waals surface area contributed by atoms with E-state index in [1.54, 1.807) is 18.6 Å². The van der Waals surface area contributed by atoms with E-state index >= 15 is 0 Å². The third-order valence-electron chi connectivity index (χ3n) is 3.53. The summed E-state index contributed by atoms with van der Waals surface area (Å²) in [6, 6.07) is 11.5. The van der Waals surface area contributed by atoms with Crippen LogP contribution in [-0.4, -0.2) is 25.0 Å². The highest BCUT2D eigenvalue weighted by Crippen LogP contribution is 2.28. The van der Waals surface area contributed by atoms with Crippen LogP contribution >= 0.6 is 0 Å². The maximum absolute atomic E-state index is 12.7. The average Bonchev–Trinajstić information content (AvgIpc) is 2.61. The van der Waals surface area contributed by atoms with E-state index in [-0.39, 0.29) is 11.5 Å². The van der Waals surface area contributed by atoms with Gasteiger partial charge in [0.15, 0.2) is 4.90 Å². The van der Waals surface area contributed by atoms with Crippen molar-refractivity contribution >= 4 is 17.3 Å². The molecular weight excluding hydrogens is 346 g/mol. The first kappa shape index (κ1) is 18.3. The SMILES string of the molecule is CC(C)(C)N[S+]([O-])c1ccccc1-c1ccc(-c2cnc(N)nc2)nc1. The molecule has 0 bridgehead atoms. The molecule has 1 atom stereocenters. The standard InChI is InChI=1S/C19H21N5OS/c1-19(2,3)24-26(25)17-7-5-4-6-15(17)13-8-9-16(21-10-13)14-11-22-18(20)23-12-14/h4-12,24H,1-3H3,(H2,20,22,23). The lowest BCUT2D eigenvalue weighted by Crippen LogP contribution is -2.40. The van der Waals surface area contributed by atoms with E-state index in [0.717, 1.165) is 27.3 Å². The first-order valence-corrected chi connectivity index (χ1v) is 9.31. The van der Waals surface area contributed by atoms with Crippen LogP contribution in [0.1, 0.15) is 20.8 Å². The number of nitrogens with two attached hydrogens (primary N) is 1. The molecule has 0 aliphatic carbocycles. The Morgan fingerprint density at radius 3 is 2.19 bits per heavy atom. The summed E-state index contributed by atoms with van der Waals surface area (Å²) in [5.74, 6) is 0.230. The number of rotatable bonds is 4. The number of hydrogen-bond donors (Lipinski definition) is 2. The Kier molecular flexibility index (Phi) is 5.22. The maximum atomic E-state index is 12.7. The normalized spacial score (nSPS) is 12.8. The van der Waals surface area contributed by atoms with Crippen molar-refractivity contribution in [3.8, 4) is 22.4 Å². The highest BCUT2D eigenvalue weighted by Gasteiger charge is 2.23. The van der Waals surface area contributed by atoms with Gasteiger partial charge in [-0.15, -0.1) is 4.72 Å². The van der Waals surface area contributed by atoms with Crippen molar-refractivity contribution in [2.24, 2.45) is 0 Å². The van der Waals surface area contributed by atoms with Gasteiger partial charge in [0.05, 0.1) is 22.6 Å². The maximum Gasteiger partial charge on any atom is 0.219 e. The zero-order chi connectivity index (χ0) is 18.7. The second-order valence-corrected chi connectivity index (χ2v) is 8.06. The van der Waals surface area contributed by atoms with Crippen LogP contribution in [-0.2, 0) is 11.4 Å². The predicted octanol–water partition coefficient (Wildman–Crippen LogP) is 3.20. The van der Waals surface area contributed by atoms with Crippen LogP contribution < -0.4 is 10.5 Å². The molecule has 0 aliphatic heterocycles. The smallest absolute Gasteiger partial charge is 0.219 e. The van der Waals surface area contributed by atoms with Gasteiger partial charge in [-0.1, -0.05) is 18.2 Å².